The van der Waals surface area contributed by atoms with Crippen LogP contribution in [0.3, 0.4) is 0 Å². The Morgan fingerprint density at radius 1 is 1.19 bits per heavy atom. The van der Waals surface area contributed by atoms with Crippen LogP contribution in [-0.2, 0) is 0 Å². The predicted molar refractivity (Wildman–Crippen MR) is 63.3 cm³/mol. The Morgan fingerprint density at radius 3 is 2.44 bits per heavy atom. The first-order valence-electron chi connectivity index (χ1n) is 5.39. The number of rotatable bonds is 5. The van der Waals surface area contributed by atoms with Crippen LogP contribution < -0.4 is 15.8 Å². The summed E-state index contributed by atoms with van der Waals surface area (Å²) in [5.74, 6) is 1.13. The van der Waals surface area contributed by atoms with Gasteiger partial charge in [-0.15, -0.1) is 0 Å². The number of nitrogens with two attached hydrogens (primary N) is 1. The molecule has 0 spiro atoms. The zero-order chi connectivity index (χ0) is 12.1. The van der Waals surface area contributed by atoms with Crippen molar-refractivity contribution >= 4 is 11.9 Å². The predicted octanol–water partition coefficient (Wildman–Crippen LogP) is 1.31. The minimum Gasteiger partial charge on any atom is -0.461 e. The lowest BCUT2D eigenvalue weighted by Gasteiger charge is -2.10. The van der Waals surface area contributed by atoms with Gasteiger partial charge in [-0.25, -0.2) is 0 Å². The molecule has 1 aromatic heterocycles. The summed E-state index contributed by atoms with van der Waals surface area (Å²) in [7, 11) is 0. The fraction of sp³-hybridized carbons (Fsp3) is 0.700. The lowest BCUT2D eigenvalue weighted by molar-refractivity contribution is 0.222. The molecule has 16 heavy (non-hydrogen) atoms. The smallest absolute Gasteiger partial charge is 0.323 e. The molecule has 6 heteroatoms. The second kappa shape index (κ2) is 5.48. The van der Waals surface area contributed by atoms with Crippen molar-refractivity contribution < 1.29 is 4.74 Å². The Kier molecular flexibility index (Phi) is 4.28. The summed E-state index contributed by atoms with van der Waals surface area (Å²) < 4.78 is 5.36. The molecule has 0 amide bonds. The van der Waals surface area contributed by atoms with Crippen molar-refractivity contribution in [3.05, 3.63) is 0 Å². The quantitative estimate of drug-likeness (QED) is 0.785. The number of nitrogen functional groups attached to an aromatic ring is 1. The standard InChI is InChI=1S/C10H19N5O/c1-6(2)5-12-9-13-8(11)14-10(15-9)16-7(3)4/h6-7H,5H2,1-4H3,(H3,11,12,13,14,15). The monoisotopic (exact) mass is 225 g/mol. The first kappa shape index (κ1) is 12.5. The Bertz CT molecular complexity index is 340. The molecule has 3 N–H and O–H groups in total. The maximum Gasteiger partial charge on any atom is 0.323 e. The molecule has 0 bridgehead atoms. The Morgan fingerprint density at radius 2 is 1.88 bits per heavy atom. The van der Waals surface area contributed by atoms with Crippen molar-refractivity contribution in [1.29, 1.82) is 0 Å². The van der Waals surface area contributed by atoms with Gasteiger partial charge in [0, 0.05) is 6.54 Å². The fourth-order valence-corrected chi connectivity index (χ4v) is 1.01. The van der Waals surface area contributed by atoms with E-state index in [1.54, 1.807) is 0 Å². The number of hydrogen-bond donors (Lipinski definition) is 2. The van der Waals surface area contributed by atoms with E-state index >= 15 is 0 Å². The zero-order valence-electron chi connectivity index (χ0n) is 10.2. The number of ether oxygens (including phenoxy) is 1. The summed E-state index contributed by atoms with van der Waals surface area (Å²) in [6, 6.07) is 0.258. The normalized spacial score (nSPS) is 10.9. The van der Waals surface area contributed by atoms with E-state index in [-0.39, 0.29) is 18.1 Å². The van der Waals surface area contributed by atoms with Crippen LogP contribution in [0.1, 0.15) is 27.7 Å². The largest absolute Gasteiger partial charge is 0.461 e. The van der Waals surface area contributed by atoms with Crippen molar-refractivity contribution in [2.45, 2.75) is 33.8 Å². The third-order valence-corrected chi connectivity index (χ3v) is 1.64. The number of nitrogens with zero attached hydrogens (tertiary/aromatic N) is 3. The van der Waals surface area contributed by atoms with Gasteiger partial charge in [0.15, 0.2) is 0 Å². The highest BCUT2D eigenvalue weighted by molar-refractivity contribution is 5.32. The van der Waals surface area contributed by atoms with Crippen LogP contribution in [-0.4, -0.2) is 27.6 Å². The molecule has 0 aliphatic heterocycles. The number of aromatic nitrogens is 3. The van der Waals surface area contributed by atoms with E-state index in [1.165, 1.54) is 0 Å². The molecule has 0 radical (unpaired) electrons. The maximum absolute atomic E-state index is 5.56. The Balaban J connectivity index is 2.73. The van der Waals surface area contributed by atoms with E-state index < -0.39 is 0 Å². The van der Waals surface area contributed by atoms with Crippen LogP contribution in [0.2, 0.25) is 0 Å². The molecule has 6 nitrogen and oxygen atoms in total. The van der Waals surface area contributed by atoms with Crippen LogP contribution in [0, 0.1) is 5.92 Å². The molecule has 0 aliphatic rings. The van der Waals surface area contributed by atoms with Gasteiger partial charge < -0.3 is 15.8 Å². The molecule has 0 atom stereocenters. The zero-order valence-corrected chi connectivity index (χ0v) is 10.2. The molecule has 1 aromatic rings. The summed E-state index contributed by atoms with van der Waals surface area (Å²) >= 11 is 0. The molecule has 0 fully saturated rings. The van der Waals surface area contributed by atoms with Crippen LogP contribution in [0.4, 0.5) is 11.9 Å². The summed E-state index contributed by atoms with van der Waals surface area (Å²) in [5.41, 5.74) is 5.56. The molecular weight excluding hydrogens is 206 g/mol. The third kappa shape index (κ3) is 4.29. The molecule has 90 valence electrons. The highest BCUT2D eigenvalue weighted by Gasteiger charge is 2.07. The lowest BCUT2D eigenvalue weighted by atomic mass is 10.2. The van der Waals surface area contributed by atoms with Crippen LogP contribution in [0.25, 0.3) is 0 Å². The summed E-state index contributed by atoms with van der Waals surface area (Å²) in [4.78, 5) is 12.0. The second-order valence-corrected chi connectivity index (χ2v) is 4.24. The van der Waals surface area contributed by atoms with E-state index in [9.17, 15) is 0 Å². The van der Waals surface area contributed by atoms with Gasteiger partial charge in [-0.05, 0) is 19.8 Å². The van der Waals surface area contributed by atoms with E-state index in [0.717, 1.165) is 6.54 Å². The number of anilines is 2. The van der Waals surface area contributed by atoms with Crippen molar-refractivity contribution in [1.82, 2.24) is 15.0 Å². The summed E-state index contributed by atoms with van der Waals surface area (Å²) in [5, 5.41) is 3.08. The van der Waals surface area contributed by atoms with Gasteiger partial charge in [-0.2, -0.15) is 15.0 Å². The van der Waals surface area contributed by atoms with Gasteiger partial charge in [0.2, 0.25) is 11.9 Å². The molecule has 0 aromatic carbocycles. The minimum atomic E-state index is 0.0137. The molecule has 0 unspecified atom stereocenters. The lowest BCUT2D eigenvalue weighted by Crippen LogP contribution is -2.15. The maximum atomic E-state index is 5.56. The molecule has 0 saturated heterocycles. The molecular formula is C10H19N5O. The van der Waals surface area contributed by atoms with E-state index in [4.69, 9.17) is 10.5 Å². The van der Waals surface area contributed by atoms with Gasteiger partial charge in [0.1, 0.15) is 0 Å². The Hall–Kier alpha value is -1.59. The average molecular weight is 225 g/mol. The average Bonchev–Trinajstić information content (AvgIpc) is 2.12. The minimum absolute atomic E-state index is 0.0137. The van der Waals surface area contributed by atoms with Crippen LogP contribution >= 0.6 is 0 Å². The van der Waals surface area contributed by atoms with E-state index in [1.807, 2.05) is 13.8 Å². The van der Waals surface area contributed by atoms with Gasteiger partial charge in [-0.3, -0.25) is 0 Å². The van der Waals surface area contributed by atoms with E-state index in [2.05, 4.69) is 34.1 Å². The van der Waals surface area contributed by atoms with Crippen molar-refractivity contribution in [3.63, 3.8) is 0 Å². The highest BCUT2D eigenvalue weighted by Crippen LogP contribution is 2.10. The third-order valence-electron chi connectivity index (χ3n) is 1.64. The fourth-order valence-electron chi connectivity index (χ4n) is 1.01. The van der Waals surface area contributed by atoms with Crippen LogP contribution in [0.5, 0.6) is 6.01 Å². The molecule has 0 saturated carbocycles. The summed E-state index contributed by atoms with van der Waals surface area (Å²) in [6.45, 7) is 8.79. The molecule has 1 heterocycles. The number of hydrogen-bond acceptors (Lipinski definition) is 6. The highest BCUT2D eigenvalue weighted by atomic mass is 16.5. The van der Waals surface area contributed by atoms with Crippen molar-refractivity contribution in [2.75, 3.05) is 17.6 Å². The Labute approximate surface area is 95.6 Å². The van der Waals surface area contributed by atoms with Crippen LogP contribution in [0.15, 0.2) is 0 Å². The number of nitrogens with one attached hydrogen (secondary N) is 1. The first-order valence-corrected chi connectivity index (χ1v) is 5.39. The molecule has 1 rings (SSSR count). The van der Waals surface area contributed by atoms with Gasteiger partial charge in [0.05, 0.1) is 6.10 Å². The van der Waals surface area contributed by atoms with Gasteiger partial charge >= 0.3 is 6.01 Å². The van der Waals surface area contributed by atoms with Gasteiger partial charge in [-0.1, -0.05) is 13.8 Å². The first-order chi connectivity index (χ1) is 7.47. The molecule has 0 aliphatic carbocycles. The summed E-state index contributed by atoms with van der Waals surface area (Å²) in [6.07, 6.45) is 0.0137. The van der Waals surface area contributed by atoms with Crippen molar-refractivity contribution in [2.24, 2.45) is 5.92 Å². The van der Waals surface area contributed by atoms with Crippen molar-refractivity contribution in [3.8, 4) is 6.01 Å². The van der Waals surface area contributed by atoms with E-state index in [0.29, 0.717) is 11.9 Å². The topological polar surface area (TPSA) is 86.0 Å². The SMILES string of the molecule is CC(C)CNc1nc(N)nc(OC(C)C)n1. The van der Waals surface area contributed by atoms with Gasteiger partial charge in [0.25, 0.3) is 0 Å². The second-order valence-electron chi connectivity index (χ2n) is 4.24.